The van der Waals surface area contributed by atoms with Gasteiger partial charge in [0, 0.05) is 24.2 Å². The number of nitrogen functional groups attached to an aromatic ring is 1. The summed E-state index contributed by atoms with van der Waals surface area (Å²) in [4.78, 5) is 13.9. The topological polar surface area (TPSA) is 73.4 Å². The molecule has 1 amide bonds. The van der Waals surface area contributed by atoms with E-state index in [1.54, 1.807) is 4.90 Å². The fraction of sp³-hybridized carbons (Fsp3) is 0.529. The molecule has 0 unspecified atom stereocenters. The van der Waals surface area contributed by atoms with Gasteiger partial charge in [0.15, 0.2) is 0 Å². The molecule has 6 nitrogen and oxygen atoms in total. The third-order valence-corrected chi connectivity index (χ3v) is 4.14. The smallest absolute Gasteiger partial charge is 0.410 e. The summed E-state index contributed by atoms with van der Waals surface area (Å²) in [6.07, 6.45) is 3.33. The van der Waals surface area contributed by atoms with E-state index in [0.29, 0.717) is 13.1 Å². The fourth-order valence-corrected chi connectivity index (χ4v) is 3.00. The summed E-state index contributed by atoms with van der Waals surface area (Å²) in [6, 6.07) is 6.16. The zero-order valence-corrected chi connectivity index (χ0v) is 14.0. The van der Waals surface area contributed by atoms with Crippen molar-refractivity contribution in [3.63, 3.8) is 0 Å². The third-order valence-electron chi connectivity index (χ3n) is 4.14. The van der Waals surface area contributed by atoms with Crippen LogP contribution in [0.2, 0.25) is 0 Å². The summed E-state index contributed by atoms with van der Waals surface area (Å²) in [5, 5.41) is 5.50. The van der Waals surface area contributed by atoms with Crippen LogP contribution in [0.1, 0.15) is 39.7 Å². The Morgan fingerprint density at radius 1 is 1.30 bits per heavy atom. The average Bonchev–Trinajstić information content (AvgIpc) is 2.91. The second-order valence-electron chi connectivity index (χ2n) is 7.07. The highest BCUT2D eigenvalue weighted by Crippen LogP contribution is 2.28. The van der Waals surface area contributed by atoms with E-state index < -0.39 is 5.60 Å². The third kappa shape index (κ3) is 3.25. The molecule has 0 aliphatic carbocycles. The number of hydrogen-bond donors (Lipinski definition) is 1. The van der Waals surface area contributed by atoms with Gasteiger partial charge in [-0.3, -0.25) is 4.68 Å². The molecule has 124 valence electrons. The Kier molecular flexibility index (Phi) is 3.92. The van der Waals surface area contributed by atoms with E-state index in [1.807, 2.05) is 49.8 Å². The Hall–Kier alpha value is -2.24. The van der Waals surface area contributed by atoms with Gasteiger partial charge >= 0.3 is 6.09 Å². The van der Waals surface area contributed by atoms with E-state index >= 15 is 0 Å². The number of nitrogens with zero attached hydrogens (tertiary/aromatic N) is 3. The molecule has 0 bridgehead atoms. The van der Waals surface area contributed by atoms with Crippen LogP contribution in [0.25, 0.3) is 10.9 Å². The minimum atomic E-state index is -0.455. The van der Waals surface area contributed by atoms with Gasteiger partial charge in [0.25, 0.3) is 0 Å². The molecule has 1 saturated heterocycles. The minimum Gasteiger partial charge on any atom is -0.444 e. The number of anilines is 1. The van der Waals surface area contributed by atoms with Crippen LogP contribution in [0.4, 0.5) is 10.5 Å². The molecule has 6 heteroatoms. The van der Waals surface area contributed by atoms with Gasteiger partial charge in [-0.15, -0.1) is 0 Å². The predicted molar refractivity (Wildman–Crippen MR) is 90.2 cm³/mol. The average molecular weight is 316 g/mol. The van der Waals surface area contributed by atoms with Gasteiger partial charge in [-0.2, -0.15) is 5.10 Å². The molecule has 0 spiro atoms. The first-order chi connectivity index (χ1) is 10.8. The highest BCUT2D eigenvalue weighted by Gasteiger charge is 2.28. The number of fused-ring (bicyclic) bond motifs is 1. The van der Waals surface area contributed by atoms with Gasteiger partial charge in [0.05, 0.1) is 17.8 Å². The number of likely N-dealkylation sites (tertiary alicyclic amines) is 1. The van der Waals surface area contributed by atoms with Crippen molar-refractivity contribution >= 4 is 22.7 Å². The van der Waals surface area contributed by atoms with Crippen LogP contribution in [0.15, 0.2) is 24.4 Å². The summed E-state index contributed by atoms with van der Waals surface area (Å²) < 4.78 is 7.48. The van der Waals surface area contributed by atoms with Crippen LogP contribution in [-0.4, -0.2) is 39.5 Å². The van der Waals surface area contributed by atoms with Crippen molar-refractivity contribution in [1.82, 2.24) is 14.7 Å². The second-order valence-corrected chi connectivity index (χ2v) is 7.07. The van der Waals surface area contributed by atoms with Crippen molar-refractivity contribution in [3.05, 3.63) is 24.4 Å². The molecule has 1 aliphatic rings. The molecule has 2 aromatic rings. The van der Waals surface area contributed by atoms with E-state index in [0.717, 1.165) is 29.4 Å². The van der Waals surface area contributed by atoms with Gasteiger partial charge < -0.3 is 15.4 Å². The van der Waals surface area contributed by atoms with Gasteiger partial charge in [-0.05, 0) is 45.7 Å². The number of ether oxygens (including phenoxy) is 1. The molecular weight excluding hydrogens is 292 g/mol. The molecule has 1 aliphatic heterocycles. The summed E-state index contributed by atoms with van der Waals surface area (Å²) in [7, 11) is 0. The van der Waals surface area contributed by atoms with Gasteiger partial charge in [0.1, 0.15) is 5.60 Å². The quantitative estimate of drug-likeness (QED) is 0.820. The van der Waals surface area contributed by atoms with Crippen molar-refractivity contribution in [2.24, 2.45) is 0 Å². The summed E-state index contributed by atoms with van der Waals surface area (Å²) >= 11 is 0. The molecule has 0 radical (unpaired) electrons. The van der Waals surface area contributed by atoms with Crippen molar-refractivity contribution in [2.45, 2.75) is 45.3 Å². The van der Waals surface area contributed by atoms with Crippen molar-refractivity contribution in [2.75, 3.05) is 18.8 Å². The second kappa shape index (κ2) is 5.76. The molecule has 0 atom stereocenters. The molecule has 1 fully saturated rings. The van der Waals surface area contributed by atoms with Crippen molar-refractivity contribution in [3.8, 4) is 0 Å². The summed E-state index contributed by atoms with van der Waals surface area (Å²) in [5.74, 6) is 0. The largest absolute Gasteiger partial charge is 0.444 e. The van der Waals surface area contributed by atoms with E-state index in [9.17, 15) is 4.79 Å². The van der Waals surface area contributed by atoms with Crippen molar-refractivity contribution in [1.29, 1.82) is 0 Å². The zero-order valence-electron chi connectivity index (χ0n) is 14.0. The van der Waals surface area contributed by atoms with E-state index in [-0.39, 0.29) is 12.1 Å². The normalized spacial score (nSPS) is 16.7. The molecule has 0 saturated carbocycles. The maximum atomic E-state index is 12.1. The molecule has 1 aromatic heterocycles. The van der Waals surface area contributed by atoms with Crippen LogP contribution in [0.3, 0.4) is 0 Å². The minimum absolute atomic E-state index is 0.231. The Balaban J connectivity index is 1.69. The maximum Gasteiger partial charge on any atom is 0.410 e. The molecule has 3 rings (SSSR count). The summed E-state index contributed by atoms with van der Waals surface area (Å²) in [6.45, 7) is 7.03. The van der Waals surface area contributed by atoms with Crippen LogP contribution >= 0.6 is 0 Å². The molecule has 1 aromatic carbocycles. The number of aromatic nitrogens is 2. The van der Waals surface area contributed by atoms with Crippen molar-refractivity contribution < 1.29 is 9.53 Å². The standard InChI is InChI=1S/C17H24N4O2/c1-17(2,3)23-16(22)20-9-7-12(8-10-20)21-15-6-4-5-14(18)13(15)11-19-21/h4-6,11-12H,7-10,18H2,1-3H3. The SMILES string of the molecule is CC(C)(C)OC(=O)N1CCC(n2ncc3c(N)cccc32)CC1. The molecule has 2 N–H and O–H groups in total. The monoisotopic (exact) mass is 316 g/mol. The number of amides is 1. The first-order valence-electron chi connectivity index (χ1n) is 8.05. The van der Waals surface area contributed by atoms with E-state index in [4.69, 9.17) is 10.5 Å². The van der Waals surface area contributed by atoms with Crippen LogP contribution < -0.4 is 5.73 Å². The fourth-order valence-electron chi connectivity index (χ4n) is 3.00. The Morgan fingerprint density at radius 2 is 2.00 bits per heavy atom. The molecule has 2 heterocycles. The number of carbonyl (C=O) groups is 1. The van der Waals surface area contributed by atoms with Gasteiger partial charge in [0.2, 0.25) is 0 Å². The lowest BCUT2D eigenvalue weighted by Gasteiger charge is -2.33. The Morgan fingerprint density at radius 3 is 2.65 bits per heavy atom. The highest BCUT2D eigenvalue weighted by molar-refractivity contribution is 5.90. The van der Waals surface area contributed by atoms with Crippen LogP contribution in [0.5, 0.6) is 0 Å². The number of hydrogen-bond acceptors (Lipinski definition) is 4. The number of piperidine rings is 1. The Labute approximate surface area is 136 Å². The van der Waals surface area contributed by atoms with Crippen LogP contribution in [-0.2, 0) is 4.74 Å². The number of rotatable bonds is 1. The summed E-state index contributed by atoms with van der Waals surface area (Å²) in [5.41, 5.74) is 7.35. The number of benzene rings is 1. The van der Waals surface area contributed by atoms with Gasteiger partial charge in [-0.1, -0.05) is 6.07 Å². The number of nitrogens with two attached hydrogens (primary N) is 1. The van der Waals surface area contributed by atoms with Gasteiger partial charge in [-0.25, -0.2) is 4.79 Å². The predicted octanol–water partition coefficient (Wildman–Crippen LogP) is 3.19. The van der Waals surface area contributed by atoms with E-state index in [2.05, 4.69) is 5.10 Å². The Bertz CT molecular complexity index is 709. The lowest BCUT2D eigenvalue weighted by atomic mass is 10.1. The first kappa shape index (κ1) is 15.6. The van der Waals surface area contributed by atoms with E-state index in [1.165, 1.54) is 0 Å². The number of carbonyl (C=O) groups excluding carboxylic acids is 1. The van der Waals surface area contributed by atoms with Crippen LogP contribution in [0, 0.1) is 0 Å². The highest BCUT2D eigenvalue weighted by atomic mass is 16.6. The molecule has 23 heavy (non-hydrogen) atoms. The maximum absolute atomic E-state index is 12.1. The molecular formula is C17H24N4O2. The lowest BCUT2D eigenvalue weighted by molar-refractivity contribution is 0.0186. The first-order valence-corrected chi connectivity index (χ1v) is 8.05. The lowest BCUT2D eigenvalue weighted by Crippen LogP contribution is -2.42. The zero-order chi connectivity index (χ0) is 16.6.